The Hall–Kier alpha value is -0.540. The lowest BCUT2D eigenvalue weighted by Crippen LogP contribution is -2.10. The van der Waals surface area contributed by atoms with Crippen molar-refractivity contribution in [2.45, 2.75) is 10.7 Å². The summed E-state index contributed by atoms with van der Waals surface area (Å²) in [6.07, 6.45) is 0. The number of carbonyl (C=O) groups is 1. The normalized spacial score (nSPS) is 12.2. The van der Waals surface area contributed by atoms with Gasteiger partial charge in [-0.3, -0.25) is 4.79 Å². The highest BCUT2D eigenvalue weighted by Crippen LogP contribution is 2.26. The Morgan fingerprint density at radius 3 is 2.79 bits per heavy atom. The molecule has 1 rings (SSSR count). The van der Waals surface area contributed by atoms with Gasteiger partial charge in [0.25, 0.3) is 0 Å². The molecule has 0 amide bonds. The number of rotatable bonds is 3. The number of alkyl halides is 2. The Morgan fingerprint density at radius 1 is 1.57 bits per heavy atom. The van der Waals surface area contributed by atoms with E-state index in [1.54, 1.807) is 0 Å². The number of esters is 1. The first kappa shape index (κ1) is 11.5. The minimum Gasteiger partial charge on any atom is -0.468 e. The summed E-state index contributed by atoms with van der Waals surface area (Å²) in [5.41, 5.74) is 1.79. The smallest absolute Gasteiger partial charge is 0.328 e. The third-order valence-electron chi connectivity index (χ3n) is 1.88. The first-order valence-corrected chi connectivity index (χ1v) is 5.62. The summed E-state index contributed by atoms with van der Waals surface area (Å²) >= 11 is 9.28. The van der Waals surface area contributed by atoms with Gasteiger partial charge in [0.2, 0.25) is 0 Å². The van der Waals surface area contributed by atoms with Crippen LogP contribution in [0.1, 0.15) is 16.5 Å². The molecular formula is C10H10BrClO2. The lowest BCUT2D eigenvalue weighted by molar-refractivity contribution is -0.140. The number of methoxy groups -OCH3 is 1. The van der Waals surface area contributed by atoms with E-state index >= 15 is 0 Å². The van der Waals surface area contributed by atoms with Crippen LogP contribution in [0.3, 0.4) is 0 Å². The number of carbonyl (C=O) groups excluding carboxylic acids is 1. The highest BCUT2D eigenvalue weighted by molar-refractivity contribution is 9.08. The van der Waals surface area contributed by atoms with Crippen LogP contribution in [0.25, 0.3) is 0 Å². The zero-order valence-corrected chi connectivity index (χ0v) is 10.0. The van der Waals surface area contributed by atoms with Crippen molar-refractivity contribution in [3.63, 3.8) is 0 Å². The Bertz CT molecular complexity index is 328. The van der Waals surface area contributed by atoms with Crippen molar-refractivity contribution in [2.75, 3.05) is 7.11 Å². The van der Waals surface area contributed by atoms with E-state index in [0.29, 0.717) is 5.33 Å². The van der Waals surface area contributed by atoms with E-state index in [-0.39, 0.29) is 0 Å². The Morgan fingerprint density at radius 2 is 2.21 bits per heavy atom. The van der Waals surface area contributed by atoms with E-state index in [1.165, 1.54) is 7.11 Å². The zero-order chi connectivity index (χ0) is 10.6. The molecule has 1 aromatic carbocycles. The third-order valence-corrected chi connectivity index (χ3v) is 2.90. The molecule has 0 aliphatic carbocycles. The molecule has 1 aromatic rings. The van der Waals surface area contributed by atoms with Gasteiger partial charge >= 0.3 is 5.97 Å². The van der Waals surface area contributed by atoms with E-state index in [2.05, 4.69) is 20.7 Å². The minimum atomic E-state index is -0.728. The molecule has 0 saturated carbocycles. The lowest BCUT2D eigenvalue weighted by Gasteiger charge is -2.10. The van der Waals surface area contributed by atoms with Crippen molar-refractivity contribution in [2.24, 2.45) is 0 Å². The average Bonchev–Trinajstić information content (AvgIpc) is 2.26. The summed E-state index contributed by atoms with van der Waals surface area (Å²) in [6, 6.07) is 7.49. The van der Waals surface area contributed by atoms with Gasteiger partial charge in [0, 0.05) is 5.33 Å². The second kappa shape index (κ2) is 5.37. The van der Waals surface area contributed by atoms with Crippen LogP contribution < -0.4 is 0 Å². The fourth-order valence-electron chi connectivity index (χ4n) is 1.13. The fraction of sp³-hybridized carbons (Fsp3) is 0.300. The predicted molar refractivity (Wildman–Crippen MR) is 59.7 cm³/mol. The van der Waals surface area contributed by atoms with Crippen molar-refractivity contribution in [3.8, 4) is 0 Å². The van der Waals surface area contributed by atoms with E-state index in [0.717, 1.165) is 11.1 Å². The van der Waals surface area contributed by atoms with Crippen molar-refractivity contribution in [1.29, 1.82) is 0 Å². The monoisotopic (exact) mass is 276 g/mol. The minimum absolute atomic E-state index is 0.430. The highest BCUT2D eigenvalue weighted by Gasteiger charge is 2.20. The summed E-state index contributed by atoms with van der Waals surface area (Å²) in [7, 11) is 1.33. The Balaban J connectivity index is 2.99. The fourth-order valence-corrected chi connectivity index (χ4v) is 1.95. The number of benzene rings is 1. The summed E-state index contributed by atoms with van der Waals surface area (Å²) in [6.45, 7) is 0. The first-order chi connectivity index (χ1) is 6.70. The van der Waals surface area contributed by atoms with E-state index in [1.807, 2.05) is 24.3 Å². The molecule has 0 heterocycles. The van der Waals surface area contributed by atoms with Gasteiger partial charge in [-0.05, 0) is 11.1 Å². The molecule has 1 unspecified atom stereocenters. The van der Waals surface area contributed by atoms with Crippen molar-refractivity contribution in [3.05, 3.63) is 35.4 Å². The maximum atomic E-state index is 11.2. The van der Waals surface area contributed by atoms with E-state index in [4.69, 9.17) is 11.6 Å². The average molecular weight is 278 g/mol. The molecule has 1 atom stereocenters. The Labute approximate surface area is 96.3 Å². The topological polar surface area (TPSA) is 26.3 Å². The molecule has 2 nitrogen and oxygen atoms in total. The molecule has 4 heteroatoms. The van der Waals surface area contributed by atoms with Gasteiger partial charge in [-0.25, -0.2) is 0 Å². The van der Waals surface area contributed by atoms with Crippen LogP contribution in [0.2, 0.25) is 0 Å². The molecule has 0 aromatic heterocycles. The molecule has 0 saturated heterocycles. The standard InChI is InChI=1S/C10H10BrClO2/c1-14-10(13)9(12)8-5-3-2-4-7(8)6-11/h2-5,9H,6H2,1H3. The van der Waals surface area contributed by atoms with Crippen LogP contribution in [0, 0.1) is 0 Å². The van der Waals surface area contributed by atoms with Gasteiger partial charge < -0.3 is 4.74 Å². The van der Waals surface area contributed by atoms with Crippen LogP contribution in [0.5, 0.6) is 0 Å². The number of hydrogen-bond acceptors (Lipinski definition) is 2. The molecule has 76 valence electrons. The quantitative estimate of drug-likeness (QED) is 0.627. The number of ether oxygens (including phenoxy) is 1. The van der Waals surface area contributed by atoms with Gasteiger partial charge in [0.15, 0.2) is 5.38 Å². The largest absolute Gasteiger partial charge is 0.468 e. The SMILES string of the molecule is COC(=O)C(Cl)c1ccccc1CBr. The van der Waals surface area contributed by atoms with Crippen molar-refractivity contribution in [1.82, 2.24) is 0 Å². The number of halogens is 2. The van der Waals surface area contributed by atoms with Gasteiger partial charge in [-0.15, -0.1) is 11.6 Å². The molecule has 0 bridgehead atoms. The molecule has 0 spiro atoms. The zero-order valence-electron chi connectivity index (χ0n) is 7.67. The molecule has 0 fully saturated rings. The van der Waals surface area contributed by atoms with Crippen molar-refractivity contribution < 1.29 is 9.53 Å². The van der Waals surface area contributed by atoms with Crippen LogP contribution in [-0.2, 0) is 14.9 Å². The maximum absolute atomic E-state index is 11.2. The van der Waals surface area contributed by atoms with Gasteiger partial charge in [-0.2, -0.15) is 0 Å². The molecule has 0 N–H and O–H groups in total. The molecule has 0 aliphatic heterocycles. The van der Waals surface area contributed by atoms with E-state index < -0.39 is 11.3 Å². The van der Waals surface area contributed by atoms with E-state index in [9.17, 15) is 4.79 Å². The summed E-state index contributed by atoms with van der Waals surface area (Å²) < 4.78 is 4.58. The molecular weight excluding hydrogens is 267 g/mol. The third kappa shape index (κ3) is 2.49. The summed E-state index contributed by atoms with van der Waals surface area (Å²) in [5.74, 6) is -0.430. The second-order valence-electron chi connectivity index (χ2n) is 2.72. The summed E-state index contributed by atoms with van der Waals surface area (Å²) in [5, 5.41) is -0.0580. The first-order valence-electron chi connectivity index (χ1n) is 4.06. The van der Waals surface area contributed by atoms with Gasteiger partial charge in [0.05, 0.1) is 7.11 Å². The molecule has 14 heavy (non-hydrogen) atoms. The molecule has 0 radical (unpaired) electrons. The van der Waals surface area contributed by atoms with Crippen LogP contribution in [-0.4, -0.2) is 13.1 Å². The van der Waals surface area contributed by atoms with Crippen LogP contribution in [0.15, 0.2) is 24.3 Å². The Kier molecular flexibility index (Phi) is 4.42. The highest BCUT2D eigenvalue weighted by atomic mass is 79.9. The summed E-state index contributed by atoms with van der Waals surface area (Å²) in [4.78, 5) is 11.2. The van der Waals surface area contributed by atoms with Gasteiger partial charge in [0.1, 0.15) is 0 Å². The van der Waals surface area contributed by atoms with Crippen LogP contribution in [0.4, 0.5) is 0 Å². The molecule has 0 aliphatic rings. The number of hydrogen-bond donors (Lipinski definition) is 0. The van der Waals surface area contributed by atoms with Gasteiger partial charge in [-0.1, -0.05) is 40.2 Å². The van der Waals surface area contributed by atoms with Crippen LogP contribution >= 0.6 is 27.5 Å². The second-order valence-corrected chi connectivity index (χ2v) is 3.72. The maximum Gasteiger partial charge on any atom is 0.328 e. The van der Waals surface area contributed by atoms with Crippen molar-refractivity contribution >= 4 is 33.5 Å². The lowest BCUT2D eigenvalue weighted by atomic mass is 10.1. The predicted octanol–water partition coefficient (Wildman–Crippen LogP) is 3.03.